The Morgan fingerprint density at radius 1 is 0.792 bits per heavy atom. The molecule has 9 atom stereocenters. The Morgan fingerprint density at radius 3 is 2.03 bits per heavy atom. The van der Waals surface area contributed by atoms with Gasteiger partial charge >= 0.3 is 0 Å². The highest BCUT2D eigenvalue weighted by molar-refractivity contribution is 8.76. The smallest absolute Gasteiger partial charge is 0.246 e. The van der Waals surface area contributed by atoms with Gasteiger partial charge in [-0.2, -0.15) is 0 Å². The summed E-state index contributed by atoms with van der Waals surface area (Å²) in [7, 11) is 2.02. The summed E-state index contributed by atoms with van der Waals surface area (Å²) in [5.41, 5.74) is 23.3. The van der Waals surface area contributed by atoms with Crippen LogP contribution in [0.3, 0.4) is 0 Å². The Morgan fingerprint density at radius 2 is 1.40 bits per heavy atom. The Labute approximate surface area is 424 Å². The predicted molar refractivity (Wildman–Crippen MR) is 264 cm³/mol. The SMILES string of the molecule is CC[C@H](C)[C@@H]1NC(=O)[C@H](Cc2ccccc2)NC(=O)[C@@H](N)CSSC[C@@H](C(=O)N2CCC[C@H]2C(=O)N[C@@H](CCCN)C(=O)NCC(N)=O)NC(=O)[C@H](CC(N)=O)NC(=O)[C@H](CC(=O)NC(CO)CO)NC1=O. The molecule has 0 unspecified atom stereocenters. The van der Waals surface area contributed by atoms with Crippen LogP contribution in [-0.2, 0) is 59.2 Å². The van der Waals surface area contributed by atoms with E-state index in [1.807, 2.05) is 0 Å². The van der Waals surface area contributed by atoms with Gasteiger partial charge < -0.3 is 80.6 Å². The number of nitrogens with zero attached hydrogens (tertiary/aromatic N) is 1. The Bertz CT molecular complexity index is 2070. The zero-order valence-corrected chi connectivity index (χ0v) is 41.9. The number of likely N-dealkylation sites (tertiary alicyclic amines) is 1. The average Bonchev–Trinajstić information content (AvgIpc) is 3.85. The first-order valence-electron chi connectivity index (χ1n) is 23.4. The van der Waals surface area contributed by atoms with Crippen molar-refractivity contribution < 1.29 is 63.0 Å². The van der Waals surface area contributed by atoms with Crippen molar-refractivity contribution in [3.8, 4) is 0 Å². The van der Waals surface area contributed by atoms with E-state index >= 15 is 0 Å². The van der Waals surface area contributed by atoms with Gasteiger partial charge in [-0.05, 0) is 43.7 Å². The Balaban J connectivity index is 2.09. The van der Waals surface area contributed by atoms with Crippen LogP contribution in [0.1, 0.15) is 64.4 Å². The number of carbonyl (C=O) groups excluding carboxylic acids is 11. The van der Waals surface area contributed by atoms with Crippen LogP contribution in [0, 0.1) is 5.92 Å². The standard InChI is InChI=1S/C44H69N13O13S2/c1-3-23(2)36-43(69)54-30(17-35(62)50-25(19-58)20-59)40(66)53-29(16-33(47)60)39(65)55-31(22-72-71-21-26(46)37(63)52-28(41(67)56-36)15-24-9-5-4-6-10-24)44(70)57-14-8-12-32(57)42(68)51-27(11-7-13-45)38(64)49-18-34(48)61/h4-6,9-10,23,25-32,36,58-59H,3,7-8,11-22,45-46H2,1-2H3,(H2,47,60)(H2,48,61)(H,49,64)(H,50,62)(H,51,68)(H,52,63)(H,53,66)(H,54,69)(H,55,65)(H,56,67)/t23-,26-,27-,28-,29-,30-,31-,32-,36-/m0/s1. The quantitative estimate of drug-likeness (QED) is 0.0541. The van der Waals surface area contributed by atoms with Gasteiger partial charge in [0.15, 0.2) is 0 Å². The largest absolute Gasteiger partial charge is 0.394 e. The Hall–Kier alpha value is -6.07. The van der Waals surface area contributed by atoms with E-state index in [2.05, 4.69) is 42.5 Å². The summed E-state index contributed by atoms with van der Waals surface area (Å²) < 4.78 is 0. The molecule has 0 bridgehead atoms. The van der Waals surface area contributed by atoms with E-state index in [9.17, 15) is 63.0 Å². The molecule has 2 aliphatic heterocycles. The molecule has 18 N–H and O–H groups in total. The predicted octanol–water partition coefficient (Wildman–Crippen LogP) is -6.03. The van der Waals surface area contributed by atoms with Gasteiger partial charge in [0.05, 0.1) is 44.7 Å². The summed E-state index contributed by atoms with van der Waals surface area (Å²) in [4.78, 5) is 150. The van der Waals surface area contributed by atoms with E-state index in [0.29, 0.717) is 24.8 Å². The zero-order chi connectivity index (χ0) is 53.5. The summed E-state index contributed by atoms with van der Waals surface area (Å²) in [5.74, 6) is -11.0. The molecule has 2 aliphatic rings. The van der Waals surface area contributed by atoms with Crippen molar-refractivity contribution in [2.75, 3.05) is 44.4 Å². The van der Waals surface area contributed by atoms with Gasteiger partial charge in [0.2, 0.25) is 65.0 Å². The average molecular weight is 1050 g/mol. The lowest BCUT2D eigenvalue weighted by molar-refractivity contribution is -0.142. The van der Waals surface area contributed by atoms with Crippen LogP contribution in [-0.4, -0.2) is 179 Å². The first-order valence-corrected chi connectivity index (χ1v) is 25.9. The van der Waals surface area contributed by atoms with Crippen molar-refractivity contribution >= 4 is 86.6 Å². The summed E-state index contributed by atoms with van der Waals surface area (Å²) in [6.45, 7) is 1.62. The number of hydrogen-bond donors (Lipinski definition) is 14. The second-order valence-electron chi connectivity index (χ2n) is 17.4. The molecule has 1 aromatic rings. The highest BCUT2D eigenvalue weighted by Gasteiger charge is 2.41. The molecule has 0 aromatic heterocycles. The molecule has 26 nitrogen and oxygen atoms in total. The monoisotopic (exact) mass is 1050 g/mol. The second-order valence-corrected chi connectivity index (χ2v) is 19.9. The zero-order valence-electron chi connectivity index (χ0n) is 40.2. The number of aliphatic hydroxyl groups is 2. The van der Waals surface area contributed by atoms with Crippen molar-refractivity contribution in [3.05, 3.63) is 35.9 Å². The number of nitrogens with two attached hydrogens (primary N) is 4. The fraction of sp³-hybridized carbons (Fsp3) is 0.614. The number of amides is 11. The Kier molecular flexibility index (Phi) is 25.7. The van der Waals surface area contributed by atoms with Crippen LogP contribution in [0.25, 0.3) is 0 Å². The van der Waals surface area contributed by atoms with Gasteiger partial charge in [-0.25, -0.2) is 0 Å². The molecule has 0 radical (unpaired) electrons. The van der Waals surface area contributed by atoms with Crippen molar-refractivity contribution in [2.45, 2.75) is 120 Å². The number of primary amides is 2. The second kappa shape index (κ2) is 30.7. The molecule has 28 heteroatoms. The summed E-state index contributed by atoms with van der Waals surface area (Å²) >= 11 is 0. The van der Waals surface area contributed by atoms with Crippen LogP contribution in [0.15, 0.2) is 30.3 Å². The van der Waals surface area contributed by atoms with Crippen molar-refractivity contribution in [3.63, 3.8) is 0 Å². The molecule has 1 aromatic carbocycles. The number of hydrogen-bond acceptors (Lipinski definition) is 17. The number of benzene rings is 1. The van der Waals surface area contributed by atoms with E-state index in [0.717, 1.165) is 21.6 Å². The van der Waals surface area contributed by atoms with Gasteiger partial charge in [-0.1, -0.05) is 72.2 Å². The van der Waals surface area contributed by atoms with E-state index < -0.39 is 158 Å². The molecule has 0 saturated carbocycles. The van der Waals surface area contributed by atoms with E-state index in [4.69, 9.17) is 22.9 Å². The molecule has 2 heterocycles. The summed E-state index contributed by atoms with van der Waals surface area (Å²) in [6, 6.07) is -3.99. The van der Waals surface area contributed by atoms with Gasteiger partial charge in [0.25, 0.3) is 0 Å². The number of carbonyl (C=O) groups is 11. The third-order valence-electron chi connectivity index (χ3n) is 11.7. The van der Waals surface area contributed by atoms with Crippen molar-refractivity contribution in [1.82, 2.24) is 47.4 Å². The van der Waals surface area contributed by atoms with Crippen LogP contribution in [0.5, 0.6) is 0 Å². The highest BCUT2D eigenvalue weighted by atomic mass is 33.1. The molecule has 2 fully saturated rings. The highest BCUT2D eigenvalue weighted by Crippen LogP contribution is 2.26. The molecule has 2 saturated heterocycles. The fourth-order valence-electron chi connectivity index (χ4n) is 7.49. The molecule has 3 rings (SSSR count). The topological polar surface area (TPSA) is 432 Å². The van der Waals surface area contributed by atoms with Crippen LogP contribution in [0.2, 0.25) is 0 Å². The lowest BCUT2D eigenvalue weighted by Gasteiger charge is -2.31. The lowest BCUT2D eigenvalue weighted by atomic mass is 9.96. The molecule has 400 valence electrons. The number of nitrogens with one attached hydrogen (secondary N) is 8. The van der Waals surface area contributed by atoms with Gasteiger partial charge in [0, 0.05) is 24.5 Å². The van der Waals surface area contributed by atoms with E-state index in [1.54, 1.807) is 44.2 Å². The fourth-order valence-corrected chi connectivity index (χ4v) is 9.77. The van der Waals surface area contributed by atoms with E-state index in [1.165, 1.54) is 4.90 Å². The molecule has 0 aliphatic carbocycles. The molecule has 0 spiro atoms. The third kappa shape index (κ3) is 19.5. The lowest BCUT2D eigenvalue weighted by Crippen LogP contribution is -2.62. The molecule has 72 heavy (non-hydrogen) atoms. The third-order valence-corrected chi connectivity index (χ3v) is 14.1. The first-order chi connectivity index (χ1) is 34.2. The molecular formula is C44H69N13O13S2. The van der Waals surface area contributed by atoms with Gasteiger partial charge in [-0.15, -0.1) is 0 Å². The normalized spacial score (nSPS) is 23.7. The van der Waals surface area contributed by atoms with E-state index in [-0.39, 0.29) is 43.9 Å². The van der Waals surface area contributed by atoms with Gasteiger partial charge in [-0.3, -0.25) is 52.7 Å². The van der Waals surface area contributed by atoms with Crippen LogP contribution in [0.4, 0.5) is 0 Å². The summed E-state index contributed by atoms with van der Waals surface area (Å²) in [5, 5.41) is 39.1. The molecular weight excluding hydrogens is 983 g/mol. The minimum atomic E-state index is -1.86. The van der Waals surface area contributed by atoms with Crippen LogP contribution >= 0.6 is 21.6 Å². The minimum absolute atomic E-state index is 0.0150. The van der Waals surface area contributed by atoms with Crippen molar-refractivity contribution in [1.29, 1.82) is 0 Å². The number of aliphatic hydroxyl groups excluding tert-OH is 2. The maximum Gasteiger partial charge on any atom is 0.246 e. The number of rotatable bonds is 20. The molecule has 11 amide bonds. The first kappa shape index (κ1) is 60.2. The maximum atomic E-state index is 14.5. The van der Waals surface area contributed by atoms with Gasteiger partial charge in [0.1, 0.15) is 42.3 Å². The van der Waals surface area contributed by atoms with Crippen LogP contribution < -0.4 is 65.5 Å². The maximum absolute atomic E-state index is 14.5. The minimum Gasteiger partial charge on any atom is -0.394 e. The van der Waals surface area contributed by atoms with Crippen molar-refractivity contribution in [2.24, 2.45) is 28.9 Å². The summed E-state index contributed by atoms with van der Waals surface area (Å²) in [6.07, 6.45) is -0.635.